The van der Waals surface area contributed by atoms with Crippen LogP contribution in [-0.2, 0) is 0 Å². The molecule has 0 aliphatic heterocycles. The Morgan fingerprint density at radius 3 is 2.27 bits per heavy atom. The monoisotopic (exact) mass is 159 g/mol. The smallest absolute Gasteiger partial charge is 0.0117 e. The number of nitrogens with two attached hydrogens (primary N) is 1. The highest BCUT2D eigenvalue weighted by atomic mass is 15.5. The van der Waals surface area contributed by atoms with Gasteiger partial charge in [-0.1, -0.05) is 13.8 Å². The third-order valence-corrected chi connectivity index (χ3v) is 1.70. The van der Waals surface area contributed by atoms with Gasteiger partial charge in [0.2, 0.25) is 0 Å². The van der Waals surface area contributed by atoms with Crippen molar-refractivity contribution in [2.45, 2.75) is 33.2 Å². The molecule has 3 nitrogen and oxygen atoms in total. The summed E-state index contributed by atoms with van der Waals surface area (Å²) in [6.45, 7) is 9.40. The molecule has 0 aliphatic carbocycles. The van der Waals surface area contributed by atoms with Gasteiger partial charge in [-0.25, -0.2) is 5.01 Å². The van der Waals surface area contributed by atoms with E-state index < -0.39 is 0 Å². The number of nitrogens with zero attached hydrogens (tertiary/aromatic N) is 1. The van der Waals surface area contributed by atoms with E-state index in [0.717, 1.165) is 26.1 Å². The zero-order chi connectivity index (χ0) is 8.69. The third kappa shape index (κ3) is 6.28. The Kier molecular flexibility index (Phi) is 6.51. The fraction of sp³-hybridized carbons (Fsp3) is 1.00. The highest BCUT2D eigenvalue weighted by Gasteiger charge is 1.97. The Balaban J connectivity index is 3.21. The molecule has 68 valence electrons. The van der Waals surface area contributed by atoms with Crippen molar-refractivity contribution in [1.82, 2.24) is 10.4 Å². The lowest BCUT2D eigenvalue weighted by Gasteiger charge is -2.19. The Hall–Kier alpha value is -0.120. The van der Waals surface area contributed by atoms with Crippen LogP contribution in [0.5, 0.6) is 0 Å². The van der Waals surface area contributed by atoms with Gasteiger partial charge in [-0.3, -0.25) is 5.43 Å². The quantitative estimate of drug-likeness (QED) is 0.557. The minimum atomic E-state index is 0.304. The van der Waals surface area contributed by atoms with E-state index in [2.05, 4.69) is 24.3 Å². The van der Waals surface area contributed by atoms with Crippen molar-refractivity contribution in [2.24, 2.45) is 5.73 Å². The first-order valence-electron chi connectivity index (χ1n) is 4.44. The lowest BCUT2D eigenvalue weighted by molar-refractivity contribution is 0.206. The van der Waals surface area contributed by atoms with Gasteiger partial charge in [-0.2, -0.15) is 0 Å². The normalized spacial score (nSPS) is 13.9. The lowest BCUT2D eigenvalue weighted by Crippen LogP contribution is -2.39. The first-order valence-corrected chi connectivity index (χ1v) is 4.44. The standard InChI is InChI=1S/C8H21N3/c1-4-11(5-2)10-7-6-8(3)9/h8,10H,4-7,9H2,1-3H3. The van der Waals surface area contributed by atoms with Crippen molar-refractivity contribution in [1.29, 1.82) is 0 Å². The van der Waals surface area contributed by atoms with Gasteiger partial charge < -0.3 is 5.73 Å². The summed E-state index contributed by atoms with van der Waals surface area (Å²) in [7, 11) is 0. The highest BCUT2D eigenvalue weighted by molar-refractivity contribution is 4.54. The van der Waals surface area contributed by atoms with Crippen LogP contribution in [0.25, 0.3) is 0 Å². The van der Waals surface area contributed by atoms with Crippen molar-refractivity contribution in [2.75, 3.05) is 19.6 Å². The van der Waals surface area contributed by atoms with E-state index in [1.807, 2.05) is 6.92 Å². The number of nitrogens with one attached hydrogen (secondary N) is 1. The van der Waals surface area contributed by atoms with E-state index in [-0.39, 0.29) is 0 Å². The van der Waals surface area contributed by atoms with Gasteiger partial charge in [-0.15, -0.1) is 0 Å². The molecule has 0 aliphatic rings. The van der Waals surface area contributed by atoms with Gasteiger partial charge in [0.1, 0.15) is 0 Å². The summed E-state index contributed by atoms with van der Waals surface area (Å²) in [6.07, 6.45) is 1.04. The average molecular weight is 159 g/mol. The molecule has 0 saturated heterocycles. The molecule has 1 unspecified atom stereocenters. The van der Waals surface area contributed by atoms with Crippen LogP contribution >= 0.6 is 0 Å². The summed E-state index contributed by atoms with van der Waals surface area (Å²) in [6, 6.07) is 0.304. The van der Waals surface area contributed by atoms with E-state index in [9.17, 15) is 0 Å². The molecule has 11 heavy (non-hydrogen) atoms. The second kappa shape index (κ2) is 6.58. The molecule has 0 rings (SSSR count). The van der Waals surface area contributed by atoms with Crippen molar-refractivity contribution in [3.8, 4) is 0 Å². The predicted octanol–water partition coefficient (Wildman–Crippen LogP) is 0.570. The summed E-state index contributed by atoms with van der Waals surface area (Å²) >= 11 is 0. The zero-order valence-electron chi connectivity index (χ0n) is 7.93. The van der Waals surface area contributed by atoms with Crippen molar-refractivity contribution in [3.63, 3.8) is 0 Å². The van der Waals surface area contributed by atoms with E-state index in [1.54, 1.807) is 0 Å². The zero-order valence-corrected chi connectivity index (χ0v) is 7.93. The molecular formula is C8H21N3. The molecule has 0 aromatic heterocycles. The van der Waals surface area contributed by atoms with Crippen LogP contribution in [0.15, 0.2) is 0 Å². The molecule has 0 fully saturated rings. The minimum Gasteiger partial charge on any atom is -0.328 e. The third-order valence-electron chi connectivity index (χ3n) is 1.70. The Labute approximate surface area is 69.9 Å². The first-order chi connectivity index (χ1) is 5.20. The number of hydrogen-bond acceptors (Lipinski definition) is 3. The summed E-state index contributed by atoms with van der Waals surface area (Å²) < 4.78 is 0. The minimum absolute atomic E-state index is 0.304. The van der Waals surface area contributed by atoms with Gasteiger partial charge in [-0.05, 0) is 13.3 Å². The first kappa shape index (κ1) is 10.9. The fourth-order valence-corrected chi connectivity index (χ4v) is 0.898. The summed E-state index contributed by atoms with van der Waals surface area (Å²) in [5, 5.41) is 2.18. The Bertz CT molecular complexity index is 79.4. The van der Waals surface area contributed by atoms with Crippen LogP contribution in [0, 0.1) is 0 Å². The van der Waals surface area contributed by atoms with Gasteiger partial charge in [0.25, 0.3) is 0 Å². The molecule has 3 N–H and O–H groups in total. The van der Waals surface area contributed by atoms with E-state index in [4.69, 9.17) is 5.73 Å². The molecule has 0 amide bonds. The SMILES string of the molecule is CCN(CC)NCCC(C)N. The van der Waals surface area contributed by atoms with Crippen LogP contribution in [0.3, 0.4) is 0 Å². The molecule has 0 aromatic carbocycles. The Morgan fingerprint density at radius 2 is 1.91 bits per heavy atom. The highest BCUT2D eigenvalue weighted by Crippen LogP contribution is 1.85. The maximum atomic E-state index is 5.60. The molecule has 1 atom stereocenters. The van der Waals surface area contributed by atoms with Crippen LogP contribution in [0.2, 0.25) is 0 Å². The Morgan fingerprint density at radius 1 is 1.36 bits per heavy atom. The number of hydrazine groups is 1. The van der Waals surface area contributed by atoms with E-state index in [1.165, 1.54) is 0 Å². The van der Waals surface area contributed by atoms with Gasteiger partial charge in [0.15, 0.2) is 0 Å². The topological polar surface area (TPSA) is 41.3 Å². The van der Waals surface area contributed by atoms with Crippen molar-refractivity contribution in [3.05, 3.63) is 0 Å². The average Bonchev–Trinajstić information content (AvgIpc) is 1.98. The molecule has 0 heterocycles. The van der Waals surface area contributed by atoms with Crippen LogP contribution in [0.4, 0.5) is 0 Å². The molecule has 0 radical (unpaired) electrons. The summed E-state index contributed by atoms with van der Waals surface area (Å²) in [5.74, 6) is 0. The number of rotatable bonds is 6. The second-order valence-corrected chi connectivity index (χ2v) is 2.85. The molecule has 3 heteroatoms. The predicted molar refractivity (Wildman–Crippen MR) is 49.2 cm³/mol. The van der Waals surface area contributed by atoms with Crippen LogP contribution in [0.1, 0.15) is 27.2 Å². The van der Waals surface area contributed by atoms with Crippen molar-refractivity contribution < 1.29 is 0 Å². The van der Waals surface area contributed by atoms with Crippen LogP contribution in [-0.4, -0.2) is 30.7 Å². The molecule has 0 spiro atoms. The largest absolute Gasteiger partial charge is 0.328 e. The summed E-state index contributed by atoms with van der Waals surface area (Å²) in [5.41, 5.74) is 8.91. The fourth-order valence-electron chi connectivity index (χ4n) is 0.898. The maximum Gasteiger partial charge on any atom is 0.0117 e. The lowest BCUT2D eigenvalue weighted by atomic mass is 10.2. The van der Waals surface area contributed by atoms with E-state index in [0.29, 0.717) is 6.04 Å². The number of hydrogen-bond donors (Lipinski definition) is 2. The molecular weight excluding hydrogens is 138 g/mol. The van der Waals surface area contributed by atoms with Crippen molar-refractivity contribution >= 4 is 0 Å². The van der Waals surface area contributed by atoms with Gasteiger partial charge >= 0.3 is 0 Å². The molecule has 0 aromatic rings. The van der Waals surface area contributed by atoms with Gasteiger partial charge in [0, 0.05) is 25.7 Å². The van der Waals surface area contributed by atoms with Crippen LogP contribution < -0.4 is 11.2 Å². The maximum absolute atomic E-state index is 5.60. The molecule has 0 bridgehead atoms. The second-order valence-electron chi connectivity index (χ2n) is 2.85. The van der Waals surface area contributed by atoms with E-state index >= 15 is 0 Å². The molecule has 0 saturated carbocycles. The summed E-state index contributed by atoms with van der Waals surface area (Å²) in [4.78, 5) is 0. The van der Waals surface area contributed by atoms with Gasteiger partial charge in [0.05, 0.1) is 0 Å².